The molecule has 110 valence electrons. The normalized spacial score (nSPS) is 29.8. The van der Waals surface area contributed by atoms with Crippen molar-refractivity contribution in [2.24, 2.45) is 17.8 Å². The van der Waals surface area contributed by atoms with Crippen molar-refractivity contribution in [3.05, 3.63) is 35.4 Å². The Morgan fingerprint density at radius 2 is 1.95 bits per heavy atom. The molecule has 1 heteroatoms. The van der Waals surface area contributed by atoms with Crippen molar-refractivity contribution in [2.75, 3.05) is 6.54 Å². The van der Waals surface area contributed by atoms with E-state index in [-0.39, 0.29) is 0 Å². The van der Waals surface area contributed by atoms with Gasteiger partial charge in [0.1, 0.15) is 0 Å². The van der Waals surface area contributed by atoms with Crippen LogP contribution in [0.3, 0.4) is 0 Å². The van der Waals surface area contributed by atoms with E-state index in [1.54, 1.807) is 0 Å². The largest absolute Gasteiger partial charge is 0.313 e. The molecule has 1 aromatic rings. The molecule has 0 saturated heterocycles. The summed E-state index contributed by atoms with van der Waals surface area (Å²) < 4.78 is 0. The molecule has 0 aliphatic heterocycles. The molecule has 0 spiro atoms. The van der Waals surface area contributed by atoms with Gasteiger partial charge in [-0.2, -0.15) is 0 Å². The second-order valence-electron chi connectivity index (χ2n) is 6.94. The molecule has 2 aliphatic rings. The van der Waals surface area contributed by atoms with Crippen LogP contribution in [-0.2, 0) is 6.42 Å². The van der Waals surface area contributed by atoms with Crippen molar-refractivity contribution in [3.8, 4) is 0 Å². The van der Waals surface area contributed by atoms with E-state index in [2.05, 4.69) is 43.4 Å². The van der Waals surface area contributed by atoms with Gasteiger partial charge >= 0.3 is 0 Å². The monoisotopic (exact) mass is 271 g/mol. The van der Waals surface area contributed by atoms with Gasteiger partial charge in [-0.05, 0) is 62.5 Å². The number of hydrogen-bond acceptors (Lipinski definition) is 1. The van der Waals surface area contributed by atoms with Crippen LogP contribution in [0, 0.1) is 24.7 Å². The first-order chi connectivity index (χ1) is 9.79. The average molecular weight is 271 g/mol. The van der Waals surface area contributed by atoms with Gasteiger partial charge in [0.2, 0.25) is 0 Å². The third-order valence-electron chi connectivity index (χ3n) is 5.38. The molecule has 0 bridgehead atoms. The SMILES string of the molecule is CCCNC(Cc1cccc(C)c1)C1C2CCCCC21. The molecule has 2 aliphatic carbocycles. The summed E-state index contributed by atoms with van der Waals surface area (Å²) in [5, 5.41) is 3.86. The maximum absolute atomic E-state index is 3.86. The molecule has 0 radical (unpaired) electrons. The number of fused-ring (bicyclic) bond motifs is 1. The number of rotatable bonds is 6. The fourth-order valence-corrected chi connectivity index (χ4v) is 4.41. The van der Waals surface area contributed by atoms with Gasteiger partial charge in [0.25, 0.3) is 0 Å². The molecule has 0 amide bonds. The maximum atomic E-state index is 3.86. The summed E-state index contributed by atoms with van der Waals surface area (Å²) in [6.07, 6.45) is 8.40. The minimum absolute atomic E-state index is 0.713. The van der Waals surface area contributed by atoms with Crippen LogP contribution in [0.25, 0.3) is 0 Å². The molecule has 3 atom stereocenters. The predicted molar refractivity (Wildman–Crippen MR) is 85.9 cm³/mol. The summed E-state index contributed by atoms with van der Waals surface area (Å²) in [6.45, 7) is 5.65. The van der Waals surface area contributed by atoms with Crippen LogP contribution in [0.2, 0.25) is 0 Å². The highest BCUT2D eigenvalue weighted by molar-refractivity contribution is 5.24. The Bertz CT molecular complexity index is 427. The molecule has 0 aromatic heterocycles. The van der Waals surface area contributed by atoms with Gasteiger partial charge in [-0.1, -0.05) is 49.6 Å². The summed E-state index contributed by atoms with van der Waals surface area (Å²) in [5.41, 5.74) is 2.91. The van der Waals surface area contributed by atoms with E-state index in [1.807, 2.05) is 0 Å². The van der Waals surface area contributed by atoms with Crippen LogP contribution in [-0.4, -0.2) is 12.6 Å². The summed E-state index contributed by atoms with van der Waals surface area (Å²) >= 11 is 0. The van der Waals surface area contributed by atoms with E-state index in [4.69, 9.17) is 0 Å². The Labute approximate surface area is 124 Å². The first-order valence-corrected chi connectivity index (χ1v) is 8.58. The topological polar surface area (TPSA) is 12.0 Å². The molecule has 2 saturated carbocycles. The zero-order chi connectivity index (χ0) is 13.9. The predicted octanol–water partition coefficient (Wildman–Crippen LogP) is 4.34. The molecule has 2 fully saturated rings. The van der Waals surface area contributed by atoms with Crippen LogP contribution >= 0.6 is 0 Å². The molecular formula is C19H29N. The Hall–Kier alpha value is -0.820. The van der Waals surface area contributed by atoms with Crippen molar-refractivity contribution >= 4 is 0 Å². The lowest BCUT2D eigenvalue weighted by molar-refractivity contribution is 0.428. The Balaban J connectivity index is 1.67. The lowest BCUT2D eigenvalue weighted by Crippen LogP contribution is -2.34. The number of aryl methyl sites for hydroxylation is 1. The van der Waals surface area contributed by atoms with E-state index >= 15 is 0 Å². The number of benzene rings is 1. The minimum atomic E-state index is 0.713. The Morgan fingerprint density at radius 1 is 1.20 bits per heavy atom. The van der Waals surface area contributed by atoms with Crippen LogP contribution < -0.4 is 5.32 Å². The van der Waals surface area contributed by atoms with Gasteiger partial charge in [0, 0.05) is 6.04 Å². The lowest BCUT2D eigenvalue weighted by Gasteiger charge is -2.19. The summed E-state index contributed by atoms with van der Waals surface area (Å²) in [5.74, 6) is 3.05. The maximum Gasteiger partial charge on any atom is 0.0141 e. The smallest absolute Gasteiger partial charge is 0.0141 e. The van der Waals surface area contributed by atoms with Crippen LogP contribution in [0.4, 0.5) is 0 Å². The van der Waals surface area contributed by atoms with Crippen molar-refractivity contribution in [2.45, 2.75) is 58.4 Å². The third kappa shape index (κ3) is 3.09. The lowest BCUT2D eigenvalue weighted by atomic mass is 9.98. The van der Waals surface area contributed by atoms with E-state index in [0.717, 1.165) is 17.8 Å². The van der Waals surface area contributed by atoms with Gasteiger partial charge in [0.05, 0.1) is 0 Å². The molecular weight excluding hydrogens is 242 g/mol. The van der Waals surface area contributed by atoms with Crippen LogP contribution in [0.5, 0.6) is 0 Å². The van der Waals surface area contributed by atoms with Crippen LogP contribution in [0.15, 0.2) is 24.3 Å². The van der Waals surface area contributed by atoms with Gasteiger partial charge in [0.15, 0.2) is 0 Å². The standard InChI is InChI=1S/C19H29N/c1-3-11-20-18(13-15-8-6-7-14(2)12-15)19-16-9-4-5-10-17(16)19/h6-8,12,16-20H,3-5,9-11,13H2,1-2H3. The zero-order valence-electron chi connectivity index (χ0n) is 13.1. The summed E-state index contributed by atoms with van der Waals surface area (Å²) in [4.78, 5) is 0. The summed E-state index contributed by atoms with van der Waals surface area (Å²) in [7, 11) is 0. The van der Waals surface area contributed by atoms with E-state index in [0.29, 0.717) is 6.04 Å². The molecule has 1 aromatic carbocycles. The minimum Gasteiger partial charge on any atom is -0.313 e. The highest BCUT2D eigenvalue weighted by Crippen LogP contribution is 2.57. The molecule has 3 unspecified atom stereocenters. The van der Waals surface area contributed by atoms with Crippen molar-refractivity contribution in [3.63, 3.8) is 0 Å². The van der Waals surface area contributed by atoms with Crippen molar-refractivity contribution in [1.29, 1.82) is 0 Å². The quantitative estimate of drug-likeness (QED) is 0.811. The third-order valence-corrected chi connectivity index (χ3v) is 5.38. The van der Waals surface area contributed by atoms with E-state index in [9.17, 15) is 0 Å². The molecule has 20 heavy (non-hydrogen) atoms. The molecule has 1 nitrogen and oxygen atoms in total. The second-order valence-corrected chi connectivity index (χ2v) is 6.94. The molecule has 0 heterocycles. The summed E-state index contributed by atoms with van der Waals surface area (Å²) in [6, 6.07) is 9.80. The zero-order valence-corrected chi connectivity index (χ0v) is 13.1. The highest BCUT2D eigenvalue weighted by atomic mass is 14.9. The van der Waals surface area contributed by atoms with Crippen LogP contribution in [0.1, 0.15) is 50.2 Å². The van der Waals surface area contributed by atoms with E-state index < -0.39 is 0 Å². The van der Waals surface area contributed by atoms with Gasteiger partial charge < -0.3 is 5.32 Å². The fourth-order valence-electron chi connectivity index (χ4n) is 4.41. The first kappa shape index (κ1) is 14.1. The fraction of sp³-hybridized carbons (Fsp3) is 0.684. The first-order valence-electron chi connectivity index (χ1n) is 8.58. The molecule has 3 rings (SSSR count). The van der Waals surface area contributed by atoms with Crippen molar-refractivity contribution in [1.82, 2.24) is 5.32 Å². The van der Waals surface area contributed by atoms with Crippen molar-refractivity contribution < 1.29 is 0 Å². The average Bonchev–Trinajstić information content (AvgIpc) is 3.18. The van der Waals surface area contributed by atoms with Gasteiger partial charge in [-0.25, -0.2) is 0 Å². The second kappa shape index (κ2) is 6.30. The van der Waals surface area contributed by atoms with Gasteiger partial charge in [-0.15, -0.1) is 0 Å². The van der Waals surface area contributed by atoms with Gasteiger partial charge in [-0.3, -0.25) is 0 Å². The number of nitrogens with one attached hydrogen (secondary N) is 1. The Kier molecular flexibility index (Phi) is 4.45. The highest BCUT2D eigenvalue weighted by Gasteiger charge is 2.53. The number of hydrogen-bond donors (Lipinski definition) is 1. The Morgan fingerprint density at radius 3 is 2.60 bits per heavy atom. The molecule has 1 N–H and O–H groups in total. The van der Waals surface area contributed by atoms with E-state index in [1.165, 1.54) is 56.2 Å².